The number of benzene rings is 1. The molecule has 0 fully saturated rings. The summed E-state index contributed by atoms with van der Waals surface area (Å²) in [5.74, 6) is 0.603. The Morgan fingerprint density at radius 2 is 1.85 bits per heavy atom. The number of hydrogen-bond acceptors (Lipinski definition) is 0. The van der Waals surface area contributed by atoms with Crippen LogP contribution in [0.5, 0.6) is 0 Å². The minimum absolute atomic E-state index is 0.603. The van der Waals surface area contributed by atoms with E-state index >= 15 is 0 Å². The lowest BCUT2D eigenvalue weighted by molar-refractivity contribution is 0.862. The van der Waals surface area contributed by atoms with Crippen molar-refractivity contribution in [3.63, 3.8) is 0 Å². The van der Waals surface area contributed by atoms with Crippen molar-refractivity contribution in [2.24, 2.45) is 0 Å². The lowest BCUT2D eigenvalue weighted by atomic mass is 9.93. The third-order valence-electron chi connectivity index (χ3n) is 2.44. The Balaban J connectivity index is 3.20. The molecule has 0 bridgehead atoms. The summed E-state index contributed by atoms with van der Waals surface area (Å²) in [4.78, 5) is 0. The third kappa shape index (κ3) is 2.21. The first kappa shape index (κ1) is 10.0. The van der Waals surface area contributed by atoms with Crippen LogP contribution in [0.1, 0.15) is 44.7 Å². The SMILES string of the molecule is C/C=C(/C)c1ccccc1C(C)C. The molecule has 0 aliphatic carbocycles. The maximum Gasteiger partial charge on any atom is -0.0196 e. The molecule has 0 saturated carbocycles. The molecule has 0 aliphatic rings. The molecule has 0 heterocycles. The number of rotatable bonds is 2. The molecule has 70 valence electrons. The van der Waals surface area contributed by atoms with Gasteiger partial charge < -0.3 is 0 Å². The lowest BCUT2D eigenvalue weighted by Crippen LogP contribution is -1.93. The van der Waals surface area contributed by atoms with Crippen molar-refractivity contribution in [1.82, 2.24) is 0 Å². The number of allylic oxidation sites excluding steroid dienone is 2. The summed E-state index contributed by atoms with van der Waals surface area (Å²) >= 11 is 0. The van der Waals surface area contributed by atoms with E-state index in [1.807, 2.05) is 0 Å². The standard InChI is InChI=1S/C13H18/c1-5-11(4)13-9-7-6-8-12(13)10(2)3/h5-10H,1-4H3/b11-5-. The second kappa shape index (κ2) is 4.27. The van der Waals surface area contributed by atoms with Crippen LogP contribution in [-0.2, 0) is 0 Å². The van der Waals surface area contributed by atoms with Crippen LogP contribution in [0, 0.1) is 0 Å². The molecular formula is C13H18. The molecule has 0 spiro atoms. The highest BCUT2D eigenvalue weighted by Crippen LogP contribution is 2.24. The predicted octanol–water partition coefficient (Wildman–Crippen LogP) is 4.23. The van der Waals surface area contributed by atoms with Crippen LogP contribution >= 0.6 is 0 Å². The first-order chi connectivity index (χ1) is 6.16. The zero-order valence-electron chi connectivity index (χ0n) is 8.96. The molecule has 0 amide bonds. The largest absolute Gasteiger partial charge is 0.0841 e. The van der Waals surface area contributed by atoms with Crippen molar-refractivity contribution < 1.29 is 0 Å². The second-order valence-corrected chi connectivity index (χ2v) is 3.71. The quantitative estimate of drug-likeness (QED) is 0.629. The van der Waals surface area contributed by atoms with Gasteiger partial charge in [0, 0.05) is 0 Å². The van der Waals surface area contributed by atoms with Gasteiger partial charge in [-0.3, -0.25) is 0 Å². The van der Waals surface area contributed by atoms with Crippen molar-refractivity contribution in [2.75, 3.05) is 0 Å². The van der Waals surface area contributed by atoms with Crippen LogP contribution in [-0.4, -0.2) is 0 Å². The van der Waals surface area contributed by atoms with Gasteiger partial charge in [-0.1, -0.05) is 44.2 Å². The van der Waals surface area contributed by atoms with E-state index in [-0.39, 0.29) is 0 Å². The summed E-state index contributed by atoms with van der Waals surface area (Å²) in [5.41, 5.74) is 4.20. The Kier molecular flexibility index (Phi) is 3.30. The Morgan fingerprint density at radius 3 is 2.38 bits per heavy atom. The first-order valence-corrected chi connectivity index (χ1v) is 4.89. The van der Waals surface area contributed by atoms with Crippen LogP contribution in [0.3, 0.4) is 0 Å². The van der Waals surface area contributed by atoms with Gasteiger partial charge in [-0.25, -0.2) is 0 Å². The van der Waals surface area contributed by atoms with E-state index in [1.165, 1.54) is 16.7 Å². The van der Waals surface area contributed by atoms with E-state index in [0.29, 0.717) is 5.92 Å². The van der Waals surface area contributed by atoms with Crippen molar-refractivity contribution in [3.8, 4) is 0 Å². The van der Waals surface area contributed by atoms with Crippen LogP contribution < -0.4 is 0 Å². The molecule has 0 unspecified atom stereocenters. The maximum atomic E-state index is 2.24. The van der Waals surface area contributed by atoms with Crippen LogP contribution in [0.15, 0.2) is 30.3 Å². The molecule has 0 saturated heterocycles. The molecule has 0 N–H and O–H groups in total. The molecular weight excluding hydrogens is 156 g/mol. The fraction of sp³-hybridized carbons (Fsp3) is 0.385. The highest BCUT2D eigenvalue weighted by Gasteiger charge is 2.05. The maximum absolute atomic E-state index is 2.24. The second-order valence-electron chi connectivity index (χ2n) is 3.71. The summed E-state index contributed by atoms with van der Waals surface area (Å²) < 4.78 is 0. The Bertz CT molecular complexity index is 306. The minimum atomic E-state index is 0.603. The monoisotopic (exact) mass is 174 g/mol. The predicted molar refractivity (Wildman–Crippen MR) is 59.9 cm³/mol. The van der Waals surface area contributed by atoms with Crippen LogP contribution in [0.4, 0.5) is 0 Å². The van der Waals surface area contributed by atoms with E-state index in [0.717, 1.165) is 0 Å². The normalized spacial score (nSPS) is 12.2. The van der Waals surface area contributed by atoms with Gasteiger partial charge >= 0.3 is 0 Å². The van der Waals surface area contributed by atoms with Gasteiger partial charge in [-0.05, 0) is 36.5 Å². The minimum Gasteiger partial charge on any atom is -0.0841 e. The average Bonchev–Trinajstić information content (AvgIpc) is 2.16. The van der Waals surface area contributed by atoms with Gasteiger partial charge in [0.2, 0.25) is 0 Å². The molecule has 0 nitrogen and oxygen atoms in total. The molecule has 0 radical (unpaired) electrons. The smallest absolute Gasteiger partial charge is 0.0196 e. The molecule has 1 rings (SSSR count). The van der Waals surface area contributed by atoms with E-state index in [2.05, 4.69) is 58.0 Å². The Labute approximate surface area is 81.3 Å². The Hall–Kier alpha value is -1.04. The molecule has 0 atom stereocenters. The highest BCUT2D eigenvalue weighted by molar-refractivity contribution is 5.66. The van der Waals surface area contributed by atoms with Gasteiger partial charge in [-0.15, -0.1) is 0 Å². The van der Waals surface area contributed by atoms with Crippen molar-refractivity contribution in [1.29, 1.82) is 0 Å². The molecule has 0 heteroatoms. The lowest BCUT2D eigenvalue weighted by Gasteiger charge is -2.12. The molecule has 0 aliphatic heterocycles. The van der Waals surface area contributed by atoms with E-state index in [1.54, 1.807) is 0 Å². The van der Waals surface area contributed by atoms with Gasteiger partial charge in [0.1, 0.15) is 0 Å². The molecule has 13 heavy (non-hydrogen) atoms. The Morgan fingerprint density at radius 1 is 1.23 bits per heavy atom. The zero-order chi connectivity index (χ0) is 9.84. The fourth-order valence-electron chi connectivity index (χ4n) is 1.52. The van der Waals surface area contributed by atoms with E-state index in [9.17, 15) is 0 Å². The third-order valence-corrected chi connectivity index (χ3v) is 2.44. The zero-order valence-corrected chi connectivity index (χ0v) is 8.96. The van der Waals surface area contributed by atoms with Gasteiger partial charge in [0.25, 0.3) is 0 Å². The topological polar surface area (TPSA) is 0 Å². The van der Waals surface area contributed by atoms with E-state index < -0.39 is 0 Å². The summed E-state index contributed by atoms with van der Waals surface area (Å²) in [6.45, 7) is 8.73. The first-order valence-electron chi connectivity index (χ1n) is 4.89. The average molecular weight is 174 g/mol. The fourth-order valence-corrected chi connectivity index (χ4v) is 1.52. The summed E-state index contributed by atoms with van der Waals surface area (Å²) in [6.07, 6.45) is 2.17. The number of hydrogen-bond donors (Lipinski definition) is 0. The van der Waals surface area contributed by atoms with E-state index in [4.69, 9.17) is 0 Å². The molecule has 1 aromatic carbocycles. The summed E-state index contributed by atoms with van der Waals surface area (Å²) in [6, 6.07) is 8.63. The summed E-state index contributed by atoms with van der Waals surface area (Å²) in [7, 11) is 0. The van der Waals surface area contributed by atoms with Gasteiger partial charge in [-0.2, -0.15) is 0 Å². The summed E-state index contributed by atoms with van der Waals surface area (Å²) in [5, 5.41) is 0. The highest BCUT2D eigenvalue weighted by atomic mass is 14.1. The van der Waals surface area contributed by atoms with Gasteiger partial charge in [0.15, 0.2) is 0 Å². The van der Waals surface area contributed by atoms with Gasteiger partial charge in [0.05, 0.1) is 0 Å². The van der Waals surface area contributed by atoms with Crippen molar-refractivity contribution in [3.05, 3.63) is 41.5 Å². The van der Waals surface area contributed by atoms with Crippen molar-refractivity contribution >= 4 is 5.57 Å². The molecule has 1 aromatic rings. The van der Waals surface area contributed by atoms with Crippen molar-refractivity contribution in [2.45, 2.75) is 33.6 Å². The van der Waals surface area contributed by atoms with Crippen LogP contribution in [0.25, 0.3) is 5.57 Å². The van der Waals surface area contributed by atoms with Crippen LogP contribution in [0.2, 0.25) is 0 Å². The molecule has 0 aromatic heterocycles.